The summed E-state index contributed by atoms with van der Waals surface area (Å²) in [6, 6.07) is 0. The SMILES string of the molecule is CCNC(=NCCCC1CC1)N(C)CC1CCOC1.I. The van der Waals surface area contributed by atoms with Gasteiger partial charge >= 0.3 is 0 Å². The molecule has 0 bridgehead atoms. The summed E-state index contributed by atoms with van der Waals surface area (Å²) in [5, 5.41) is 3.40. The predicted octanol–water partition coefficient (Wildman–Crippen LogP) is 2.73. The molecule has 1 N–H and O–H groups in total. The molecule has 0 radical (unpaired) electrons. The van der Waals surface area contributed by atoms with Gasteiger partial charge in [-0.15, -0.1) is 24.0 Å². The molecule has 1 aliphatic heterocycles. The first-order valence-electron chi connectivity index (χ1n) is 7.86. The standard InChI is InChI=1S/C15H29N3O.HI/c1-3-16-15(17-9-4-5-13-6-7-13)18(2)11-14-8-10-19-12-14;/h13-14H,3-12H2,1-2H3,(H,16,17);1H. The lowest BCUT2D eigenvalue weighted by Crippen LogP contribution is -2.41. The van der Waals surface area contributed by atoms with Crippen LogP contribution in [0.5, 0.6) is 0 Å². The first-order valence-corrected chi connectivity index (χ1v) is 7.86. The van der Waals surface area contributed by atoms with Crippen LogP contribution in [0.15, 0.2) is 4.99 Å². The van der Waals surface area contributed by atoms with Gasteiger partial charge in [0.25, 0.3) is 0 Å². The first-order chi connectivity index (χ1) is 9.29. The van der Waals surface area contributed by atoms with Crippen molar-refractivity contribution in [1.82, 2.24) is 10.2 Å². The summed E-state index contributed by atoms with van der Waals surface area (Å²) in [5.74, 6) is 2.75. The summed E-state index contributed by atoms with van der Waals surface area (Å²) in [6.07, 6.45) is 6.69. The third kappa shape index (κ3) is 6.61. The van der Waals surface area contributed by atoms with E-state index < -0.39 is 0 Å². The van der Waals surface area contributed by atoms with E-state index in [1.165, 1.54) is 32.1 Å². The number of nitrogens with zero attached hydrogens (tertiary/aromatic N) is 2. The van der Waals surface area contributed by atoms with Crippen molar-refractivity contribution in [2.75, 3.05) is 39.9 Å². The van der Waals surface area contributed by atoms with Crippen molar-refractivity contribution >= 4 is 29.9 Å². The summed E-state index contributed by atoms with van der Waals surface area (Å²) >= 11 is 0. The zero-order chi connectivity index (χ0) is 13.5. The molecule has 1 aliphatic carbocycles. The van der Waals surface area contributed by atoms with Gasteiger partial charge in [0.2, 0.25) is 0 Å². The van der Waals surface area contributed by atoms with Crippen LogP contribution in [0.25, 0.3) is 0 Å². The van der Waals surface area contributed by atoms with Crippen LogP contribution in [0, 0.1) is 11.8 Å². The number of hydrogen-bond donors (Lipinski definition) is 1. The Balaban J connectivity index is 0.00000200. The largest absolute Gasteiger partial charge is 0.381 e. The topological polar surface area (TPSA) is 36.9 Å². The fourth-order valence-corrected chi connectivity index (χ4v) is 2.64. The molecule has 5 heteroatoms. The second-order valence-electron chi connectivity index (χ2n) is 5.93. The molecule has 0 spiro atoms. The number of nitrogens with one attached hydrogen (secondary N) is 1. The lowest BCUT2D eigenvalue weighted by atomic mass is 10.1. The second-order valence-corrected chi connectivity index (χ2v) is 5.93. The molecule has 0 aromatic heterocycles. The summed E-state index contributed by atoms with van der Waals surface area (Å²) in [4.78, 5) is 7.01. The minimum atomic E-state index is 0. The molecule has 0 aromatic carbocycles. The fraction of sp³-hybridized carbons (Fsp3) is 0.933. The minimum absolute atomic E-state index is 0. The summed E-state index contributed by atoms with van der Waals surface area (Å²) in [7, 11) is 2.14. The van der Waals surface area contributed by atoms with E-state index >= 15 is 0 Å². The number of halogens is 1. The molecular weight excluding hydrogens is 365 g/mol. The highest BCUT2D eigenvalue weighted by atomic mass is 127. The van der Waals surface area contributed by atoms with Crippen molar-refractivity contribution < 1.29 is 4.74 Å². The maximum atomic E-state index is 5.44. The zero-order valence-corrected chi connectivity index (χ0v) is 15.3. The Morgan fingerprint density at radius 2 is 2.10 bits per heavy atom. The van der Waals surface area contributed by atoms with E-state index in [0.717, 1.165) is 44.7 Å². The van der Waals surface area contributed by atoms with Gasteiger partial charge in [0.15, 0.2) is 5.96 Å². The monoisotopic (exact) mass is 395 g/mol. The molecular formula is C15H30IN3O. The Hall–Kier alpha value is -0.0400. The zero-order valence-electron chi connectivity index (χ0n) is 12.9. The Morgan fingerprint density at radius 3 is 2.70 bits per heavy atom. The number of rotatable bonds is 7. The maximum Gasteiger partial charge on any atom is 0.193 e. The molecule has 4 nitrogen and oxygen atoms in total. The average molecular weight is 395 g/mol. The van der Waals surface area contributed by atoms with Gasteiger partial charge in [0, 0.05) is 39.2 Å². The van der Waals surface area contributed by atoms with Crippen molar-refractivity contribution in [1.29, 1.82) is 0 Å². The van der Waals surface area contributed by atoms with Gasteiger partial charge in [-0.2, -0.15) is 0 Å². The number of hydrogen-bond acceptors (Lipinski definition) is 2. The van der Waals surface area contributed by atoms with E-state index in [2.05, 4.69) is 24.2 Å². The van der Waals surface area contributed by atoms with Crippen molar-refractivity contribution in [2.24, 2.45) is 16.8 Å². The molecule has 0 aromatic rings. The van der Waals surface area contributed by atoms with Gasteiger partial charge in [-0.05, 0) is 32.1 Å². The van der Waals surface area contributed by atoms with E-state index in [1.807, 2.05) is 0 Å². The van der Waals surface area contributed by atoms with Crippen molar-refractivity contribution in [3.63, 3.8) is 0 Å². The van der Waals surface area contributed by atoms with E-state index in [0.29, 0.717) is 5.92 Å². The molecule has 2 fully saturated rings. The van der Waals surface area contributed by atoms with Gasteiger partial charge in [-0.3, -0.25) is 4.99 Å². The predicted molar refractivity (Wildman–Crippen MR) is 94.9 cm³/mol. The minimum Gasteiger partial charge on any atom is -0.381 e. The molecule has 0 amide bonds. The quantitative estimate of drug-likeness (QED) is 0.312. The van der Waals surface area contributed by atoms with Gasteiger partial charge in [-0.25, -0.2) is 0 Å². The van der Waals surface area contributed by atoms with E-state index in [4.69, 9.17) is 9.73 Å². The van der Waals surface area contributed by atoms with E-state index in [9.17, 15) is 0 Å². The fourth-order valence-electron chi connectivity index (χ4n) is 2.64. The Kier molecular flexibility index (Phi) is 8.84. The third-order valence-corrected chi connectivity index (χ3v) is 3.98. The smallest absolute Gasteiger partial charge is 0.193 e. The summed E-state index contributed by atoms with van der Waals surface area (Å²) in [5.41, 5.74) is 0. The molecule has 1 saturated heterocycles. The third-order valence-electron chi connectivity index (χ3n) is 3.98. The number of guanidine groups is 1. The van der Waals surface area contributed by atoms with Crippen LogP contribution in [0.4, 0.5) is 0 Å². The average Bonchev–Trinajstić information content (AvgIpc) is 3.09. The highest BCUT2D eigenvalue weighted by molar-refractivity contribution is 14.0. The van der Waals surface area contributed by atoms with Gasteiger partial charge in [0.05, 0.1) is 6.61 Å². The van der Waals surface area contributed by atoms with Crippen LogP contribution in [0.3, 0.4) is 0 Å². The number of aliphatic imine (C=N–C) groups is 1. The van der Waals surface area contributed by atoms with Crippen molar-refractivity contribution in [3.05, 3.63) is 0 Å². The summed E-state index contributed by atoms with van der Waals surface area (Å²) in [6.45, 7) is 6.91. The lowest BCUT2D eigenvalue weighted by Gasteiger charge is -2.24. The van der Waals surface area contributed by atoms with Gasteiger partial charge in [-0.1, -0.05) is 12.8 Å². The van der Waals surface area contributed by atoms with E-state index in [1.54, 1.807) is 0 Å². The second kappa shape index (κ2) is 9.82. The molecule has 1 saturated carbocycles. The highest BCUT2D eigenvalue weighted by Crippen LogP contribution is 2.33. The van der Waals surface area contributed by atoms with Crippen LogP contribution < -0.4 is 5.32 Å². The normalized spacial score (nSPS) is 22.5. The van der Waals surface area contributed by atoms with Crippen LogP contribution in [-0.4, -0.2) is 50.8 Å². The molecule has 118 valence electrons. The molecule has 1 atom stereocenters. The Morgan fingerprint density at radius 1 is 1.30 bits per heavy atom. The Labute approximate surface area is 140 Å². The van der Waals surface area contributed by atoms with Crippen LogP contribution in [0.1, 0.15) is 39.0 Å². The van der Waals surface area contributed by atoms with Crippen LogP contribution in [-0.2, 0) is 4.74 Å². The van der Waals surface area contributed by atoms with Crippen molar-refractivity contribution in [2.45, 2.75) is 39.0 Å². The highest BCUT2D eigenvalue weighted by Gasteiger charge is 2.20. The maximum absolute atomic E-state index is 5.44. The molecule has 20 heavy (non-hydrogen) atoms. The van der Waals surface area contributed by atoms with Gasteiger partial charge < -0.3 is 15.0 Å². The van der Waals surface area contributed by atoms with E-state index in [-0.39, 0.29) is 24.0 Å². The first kappa shape index (κ1) is 18.0. The lowest BCUT2D eigenvalue weighted by molar-refractivity contribution is 0.181. The molecule has 1 unspecified atom stereocenters. The molecule has 1 heterocycles. The molecule has 2 aliphatic rings. The Bertz CT molecular complexity index is 289. The number of ether oxygens (including phenoxy) is 1. The van der Waals surface area contributed by atoms with Gasteiger partial charge in [0.1, 0.15) is 0 Å². The molecule has 2 rings (SSSR count). The van der Waals surface area contributed by atoms with Crippen LogP contribution in [0.2, 0.25) is 0 Å². The van der Waals surface area contributed by atoms with Crippen molar-refractivity contribution in [3.8, 4) is 0 Å². The summed E-state index contributed by atoms with van der Waals surface area (Å²) < 4.78 is 5.44. The van der Waals surface area contributed by atoms with Crippen LogP contribution >= 0.6 is 24.0 Å².